The maximum atomic E-state index is 12.5. The van der Waals surface area contributed by atoms with Crippen molar-refractivity contribution < 1.29 is 4.79 Å². The smallest absolute Gasteiger partial charge is 0.320 e. The normalized spacial score (nSPS) is 13.2. The van der Waals surface area contributed by atoms with E-state index in [4.69, 9.17) is 11.6 Å². The summed E-state index contributed by atoms with van der Waals surface area (Å²) in [6, 6.07) is 15.2. The summed E-state index contributed by atoms with van der Waals surface area (Å²) in [7, 11) is 0. The summed E-state index contributed by atoms with van der Waals surface area (Å²) in [6.07, 6.45) is 2.53. The Hall–Kier alpha value is -2.92. The third-order valence-electron chi connectivity index (χ3n) is 4.63. The van der Waals surface area contributed by atoms with Crippen LogP contribution in [-0.4, -0.2) is 27.4 Å². The molecule has 0 fully saturated rings. The highest BCUT2D eigenvalue weighted by Crippen LogP contribution is 2.23. The number of carbonyl (C=O) groups excluding carboxylic acids is 1. The summed E-state index contributed by atoms with van der Waals surface area (Å²) in [5.74, 6) is 0.683. The van der Waals surface area contributed by atoms with Crippen molar-refractivity contribution in [2.45, 2.75) is 19.9 Å². The zero-order chi connectivity index (χ0) is 18.8. The lowest BCUT2D eigenvalue weighted by Gasteiger charge is -2.28. The Balaban J connectivity index is 1.47. The third-order valence-corrected chi connectivity index (χ3v) is 4.88. The minimum absolute atomic E-state index is 0.105. The van der Waals surface area contributed by atoms with Gasteiger partial charge in [-0.25, -0.2) is 14.8 Å². The fourth-order valence-corrected chi connectivity index (χ4v) is 3.19. The number of nitrogens with one attached hydrogen (secondary N) is 1. The molecule has 2 amide bonds. The molecule has 0 radical (unpaired) electrons. The van der Waals surface area contributed by atoms with Crippen molar-refractivity contribution in [3.8, 4) is 11.4 Å². The molecule has 4 rings (SSSR count). The van der Waals surface area contributed by atoms with E-state index in [2.05, 4.69) is 15.3 Å². The number of urea groups is 1. The van der Waals surface area contributed by atoms with Crippen LogP contribution in [0.1, 0.15) is 16.8 Å². The van der Waals surface area contributed by atoms with Gasteiger partial charge in [0.05, 0.1) is 12.2 Å². The van der Waals surface area contributed by atoms with Gasteiger partial charge in [-0.3, -0.25) is 0 Å². The van der Waals surface area contributed by atoms with Crippen LogP contribution in [0.5, 0.6) is 0 Å². The van der Waals surface area contributed by atoms with E-state index >= 15 is 0 Å². The number of hydrogen-bond acceptors (Lipinski definition) is 3. The number of aryl methyl sites for hydroxylation is 1. The first-order valence-corrected chi connectivity index (χ1v) is 9.19. The van der Waals surface area contributed by atoms with Crippen LogP contribution < -0.4 is 5.32 Å². The molecule has 0 unspecified atom stereocenters. The Bertz CT molecular complexity index is 970. The van der Waals surface area contributed by atoms with Gasteiger partial charge in [0.2, 0.25) is 0 Å². The number of fused-ring (bicyclic) bond motifs is 1. The number of benzene rings is 2. The molecule has 136 valence electrons. The van der Waals surface area contributed by atoms with E-state index in [0.717, 1.165) is 28.1 Å². The summed E-state index contributed by atoms with van der Waals surface area (Å²) >= 11 is 5.94. The second-order valence-corrected chi connectivity index (χ2v) is 7.08. The molecule has 0 saturated carbocycles. The summed E-state index contributed by atoms with van der Waals surface area (Å²) in [5.41, 5.74) is 4.87. The van der Waals surface area contributed by atoms with E-state index in [1.54, 1.807) is 4.90 Å². The molecule has 1 aliphatic heterocycles. The highest BCUT2D eigenvalue weighted by atomic mass is 35.5. The second-order valence-electron chi connectivity index (χ2n) is 6.64. The summed E-state index contributed by atoms with van der Waals surface area (Å²) < 4.78 is 0. The topological polar surface area (TPSA) is 58.1 Å². The maximum absolute atomic E-state index is 12.5. The van der Waals surface area contributed by atoms with Crippen LogP contribution in [0.4, 0.5) is 10.5 Å². The number of amides is 2. The molecule has 0 aliphatic carbocycles. The van der Waals surface area contributed by atoms with E-state index in [1.165, 1.54) is 0 Å². The highest BCUT2D eigenvalue weighted by molar-refractivity contribution is 6.30. The van der Waals surface area contributed by atoms with Crippen LogP contribution in [0.15, 0.2) is 54.7 Å². The Morgan fingerprint density at radius 2 is 1.85 bits per heavy atom. The Labute approximate surface area is 163 Å². The summed E-state index contributed by atoms with van der Waals surface area (Å²) in [4.78, 5) is 23.5. The minimum Gasteiger partial charge on any atom is -0.320 e. The van der Waals surface area contributed by atoms with Gasteiger partial charge < -0.3 is 10.2 Å². The quantitative estimate of drug-likeness (QED) is 0.703. The van der Waals surface area contributed by atoms with Gasteiger partial charge >= 0.3 is 6.03 Å². The van der Waals surface area contributed by atoms with Crippen molar-refractivity contribution in [3.63, 3.8) is 0 Å². The van der Waals surface area contributed by atoms with Crippen molar-refractivity contribution in [3.05, 3.63) is 76.6 Å². The van der Waals surface area contributed by atoms with Crippen LogP contribution in [0.25, 0.3) is 11.4 Å². The van der Waals surface area contributed by atoms with Gasteiger partial charge in [-0.15, -0.1) is 0 Å². The predicted molar refractivity (Wildman–Crippen MR) is 107 cm³/mol. The third kappa shape index (κ3) is 3.93. The average molecular weight is 379 g/mol. The molecular weight excluding hydrogens is 360 g/mol. The van der Waals surface area contributed by atoms with E-state index in [9.17, 15) is 4.79 Å². The molecule has 2 aromatic carbocycles. The first kappa shape index (κ1) is 17.5. The molecular formula is C21H19ClN4O. The number of rotatable bonds is 2. The summed E-state index contributed by atoms with van der Waals surface area (Å²) in [6.45, 7) is 3.15. The van der Waals surface area contributed by atoms with Crippen LogP contribution >= 0.6 is 11.6 Å². The molecule has 3 aromatic rings. The van der Waals surface area contributed by atoms with Crippen molar-refractivity contribution in [1.29, 1.82) is 0 Å². The van der Waals surface area contributed by atoms with E-state index in [-0.39, 0.29) is 6.03 Å². The number of anilines is 1. The zero-order valence-electron chi connectivity index (χ0n) is 14.9. The molecule has 0 atom stereocenters. The van der Waals surface area contributed by atoms with Crippen molar-refractivity contribution >= 4 is 23.3 Å². The second kappa shape index (κ2) is 7.37. The number of nitrogens with zero attached hydrogens (tertiary/aromatic N) is 3. The molecule has 2 heterocycles. The van der Waals surface area contributed by atoms with Crippen LogP contribution in [0, 0.1) is 6.92 Å². The van der Waals surface area contributed by atoms with Crippen LogP contribution in [0.2, 0.25) is 5.02 Å². The van der Waals surface area contributed by atoms with Crippen molar-refractivity contribution in [2.24, 2.45) is 0 Å². The Morgan fingerprint density at radius 3 is 2.59 bits per heavy atom. The monoisotopic (exact) mass is 378 g/mol. The fourth-order valence-electron chi connectivity index (χ4n) is 3.07. The standard InChI is InChI=1S/C21H19ClN4O/c1-14-2-8-18(9-3-14)24-21(27)26-11-10-19-16(13-26)12-23-20(25-19)15-4-6-17(22)7-5-15/h2-9,12H,10-11,13H2,1H3,(H,24,27). The molecule has 0 bridgehead atoms. The van der Waals surface area contributed by atoms with Crippen molar-refractivity contribution in [2.75, 3.05) is 11.9 Å². The van der Waals surface area contributed by atoms with Gasteiger partial charge in [0.1, 0.15) is 0 Å². The largest absolute Gasteiger partial charge is 0.322 e. The Kier molecular flexibility index (Phi) is 4.77. The van der Waals surface area contributed by atoms with Crippen LogP contribution in [-0.2, 0) is 13.0 Å². The molecule has 1 N–H and O–H groups in total. The van der Waals surface area contributed by atoms with E-state index in [1.807, 2.05) is 61.7 Å². The van der Waals surface area contributed by atoms with E-state index < -0.39 is 0 Å². The fraction of sp³-hybridized carbons (Fsp3) is 0.190. The van der Waals surface area contributed by atoms with Gasteiger partial charge in [-0.2, -0.15) is 0 Å². The van der Waals surface area contributed by atoms with Gasteiger partial charge in [0, 0.05) is 41.0 Å². The van der Waals surface area contributed by atoms with Gasteiger partial charge in [-0.1, -0.05) is 29.3 Å². The molecule has 27 heavy (non-hydrogen) atoms. The zero-order valence-corrected chi connectivity index (χ0v) is 15.7. The number of hydrogen-bond donors (Lipinski definition) is 1. The molecule has 5 nitrogen and oxygen atoms in total. The van der Waals surface area contributed by atoms with Gasteiger partial charge in [0.15, 0.2) is 5.82 Å². The maximum Gasteiger partial charge on any atom is 0.322 e. The molecule has 0 saturated heterocycles. The number of aromatic nitrogens is 2. The number of halogens is 1. The molecule has 1 aromatic heterocycles. The van der Waals surface area contributed by atoms with Gasteiger partial charge in [-0.05, 0) is 43.3 Å². The first-order chi connectivity index (χ1) is 13.1. The van der Waals surface area contributed by atoms with E-state index in [0.29, 0.717) is 30.4 Å². The summed E-state index contributed by atoms with van der Waals surface area (Å²) in [5, 5.41) is 3.63. The first-order valence-electron chi connectivity index (χ1n) is 8.82. The lowest BCUT2D eigenvalue weighted by molar-refractivity contribution is 0.206. The SMILES string of the molecule is Cc1ccc(NC(=O)N2CCc3nc(-c4ccc(Cl)cc4)ncc3C2)cc1. The number of carbonyl (C=O) groups is 1. The molecule has 0 spiro atoms. The van der Waals surface area contributed by atoms with Crippen LogP contribution in [0.3, 0.4) is 0 Å². The average Bonchev–Trinajstić information content (AvgIpc) is 2.69. The minimum atomic E-state index is -0.105. The molecule has 1 aliphatic rings. The lowest BCUT2D eigenvalue weighted by atomic mass is 10.1. The predicted octanol–water partition coefficient (Wildman–Crippen LogP) is 4.70. The van der Waals surface area contributed by atoms with Gasteiger partial charge in [0.25, 0.3) is 0 Å². The van der Waals surface area contributed by atoms with Crippen molar-refractivity contribution in [1.82, 2.24) is 14.9 Å². The highest BCUT2D eigenvalue weighted by Gasteiger charge is 2.22. The Morgan fingerprint density at radius 1 is 1.11 bits per heavy atom. The molecule has 6 heteroatoms. The lowest BCUT2D eigenvalue weighted by Crippen LogP contribution is -2.39.